The maximum Gasteiger partial charge on any atom is 0.361 e. The largest absolute Gasteiger partial charge is 0.461 e. The lowest BCUT2D eigenvalue weighted by atomic mass is 10.2. The number of hydrogen-bond donors (Lipinski definition) is 0. The van der Waals surface area contributed by atoms with Gasteiger partial charge in [-0.15, -0.1) is 0 Å². The first-order valence-corrected chi connectivity index (χ1v) is 6.38. The molecule has 19 heavy (non-hydrogen) atoms. The van der Waals surface area contributed by atoms with Gasteiger partial charge in [-0.3, -0.25) is 4.68 Å². The van der Waals surface area contributed by atoms with Gasteiger partial charge in [0, 0.05) is 6.54 Å². The van der Waals surface area contributed by atoms with Crippen LogP contribution in [0.2, 0.25) is 0 Å². The molecule has 2 heterocycles. The van der Waals surface area contributed by atoms with E-state index in [1.807, 2.05) is 19.9 Å². The van der Waals surface area contributed by atoms with Gasteiger partial charge in [0.15, 0.2) is 17.8 Å². The number of carbonyl (C=O) groups excluding carboxylic acids is 1. The molecule has 0 spiro atoms. The molecule has 0 N–H and O–H groups in total. The molecule has 6 heteroatoms. The van der Waals surface area contributed by atoms with Gasteiger partial charge >= 0.3 is 5.97 Å². The Morgan fingerprint density at radius 2 is 2.21 bits per heavy atom. The molecule has 0 bridgehead atoms. The van der Waals surface area contributed by atoms with E-state index in [0.717, 1.165) is 17.8 Å². The Morgan fingerprint density at radius 1 is 1.42 bits per heavy atom. The van der Waals surface area contributed by atoms with Gasteiger partial charge in [-0.05, 0) is 26.3 Å². The molecule has 102 valence electrons. The van der Waals surface area contributed by atoms with Crippen molar-refractivity contribution in [2.45, 2.75) is 33.7 Å². The van der Waals surface area contributed by atoms with Gasteiger partial charge in [0.25, 0.3) is 0 Å². The molecule has 0 unspecified atom stereocenters. The molecular weight excluding hydrogens is 246 g/mol. The Labute approximate surface area is 111 Å². The Kier molecular flexibility index (Phi) is 3.99. The minimum Gasteiger partial charge on any atom is -0.461 e. The highest BCUT2D eigenvalue weighted by atomic mass is 16.5. The highest BCUT2D eigenvalue weighted by molar-refractivity contribution is 5.93. The van der Waals surface area contributed by atoms with Crippen molar-refractivity contribution in [1.82, 2.24) is 14.8 Å². The average Bonchev–Trinajstić information content (AvgIpc) is 3.04. The second kappa shape index (κ2) is 5.69. The summed E-state index contributed by atoms with van der Waals surface area (Å²) >= 11 is 0. The first-order valence-electron chi connectivity index (χ1n) is 6.38. The second-order valence-corrected chi connectivity index (χ2v) is 3.94. The van der Waals surface area contributed by atoms with Crippen molar-refractivity contribution in [3.8, 4) is 11.5 Å². The minimum atomic E-state index is -0.479. The molecule has 0 aliphatic rings. The van der Waals surface area contributed by atoms with Gasteiger partial charge in [0.1, 0.15) is 5.69 Å². The summed E-state index contributed by atoms with van der Waals surface area (Å²) in [6.07, 6.45) is 2.07. The Balaban J connectivity index is 2.44. The lowest BCUT2D eigenvalue weighted by molar-refractivity contribution is 0.0520. The van der Waals surface area contributed by atoms with Crippen molar-refractivity contribution < 1.29 is 13.9 Å². The molecule has 0 aliphatic carbocycles. The van der Waals surface area contributed by atoms with E-state index in [4.69, 9.17) is 9.15 Å². The van der Waals surface area contributed by atoms with Crippen molar-refractivity contribution in [2.75, 3.05) is 6.61 Å². The summed E-state index contributed by atoms with van der Waals surface area (Å²) in [6, 6.07) is 1.91. The summed E-state index contributed by atoms with van der Waals surface area (Å²) in [7, 11) is 0. The average molecular weight is 263 g/mol. The SMILES string of the molecule is CCOC(=O)c1ncoc1-c1cc(CC)nn1CC. The van der Waals surface area contributed by atoms with Crippen molar-refractivity contribution in [2.24, 2.45) is 0 Å². The van der Waals surface area contributed by atoms with Crippen molar-refractivity contribution >= 4 is 5.97 Å². The standard InChI is InChI=1S/C13H17N3O3/c1-4-9-7-10(16(5-2)15-9)12-11(14-8-19-12)13(17)18-6-3/h7-8H,4-6H2,1-3H3. The van der Waals surface area contributed by atoms with Crippen LogP contribution in [0.25, 0.3) is 11.5 Å². The summed E-state index contributed by atoms with van der Waals surface area (Å²) in [4.78, 5) is 15.7. The number of aryl methyl sites for hydroxylation is 2. The van der Waals surface area contributed by atoms with E-state index in [1.165, 1.54) is 6.39 Å². The third-order valence-electron chi connectivity index (χ3n) is 2.76. The number of carbonyl (C=O) groups is 1. The molecule has 0 saturated heterocycles. The van der Waals surface area contributed by atoms with Crippen LogP contribution in [0.15, 0.2) is 16.9 Å². The van der Waals surface area contributed by atoms with Gasteiger partial charge in [-0.25, -0.2) is 9.78 Å². The predicted octanol–water partition coefficient (Wildman–Crippen LogP) is 2.30. The fourth-order valence-electron chi connectivity index (χ4n) is 1.84. The Morgan fingerprint density at radius 3 is 2.84 bits per heavy atom. The zero-order chi connectivity index (χ0) is 13.8. The van der Waals surface area contributed by atoms with Crippen LogP contribution in [0.1, 0.15) is 37.0 Å². The molecule has 0 radical (unpaired) electrons. The molecule has 0 amide bonds. The number of esters is 1. The fourth-order valence-corrected chi connectivity index (χ4v) is 1.84. The molecule has 0 saturated carbocycles. The zero-order valence-electron chi connectivity index (χ0n) is 11.3. The van der Waals surface area contributed by atoms with Gasteiger partial charge in [0.05, 0.1) is 12.3 Å². The lowest BCUT2D eigenvalue weighted by Crippen LogP contribution is -2.08. The topological polar surface area (TPSA) is 70.2 Å². The van der Waals surface area contributed by atoms with E-state index in [1.54, 1.807) is 11.6 Å². The monoisotopic (exact) mass is 263 g/mol. The minimum absolute atomic E-state index is 0.194. The number of ether oxygens (including phenoxy) is 1. The second-order valence-electron chi connectivity index (χ2n) is 3.94. The van der Waals surface area contributed by atoms with Crippen LogP contribution in [0.3, 0.4) is 0 Å². The number of rotatable bonds is 5. The number of nitrogens with zero attached hydrogens (tertiary/aromatic N) is 3. The van der Waals surface area contributed by atoms with Crippen LogP contribution in [0.5, 0.6) is 0 Å². The van der Waals surface area contributed by atoms with Crippen molar-refractivity contribution in [1.29, 1.82) is 0 Å². The third-order valence-corrected chi connectivity index (χ3v) is 2.76. The highest BCUT2D eigenvalue weighted by Crippen LogP contribution is 2.25. The molecular formula is C13H17N3O3. The third kappa shape index (κ3) is 2.52. The molecule has 0 aromatic carbocycles. The number of hydrogen-bond acceptors (Lipinski definition) is 5. The maximum absolute atomic E-state index is 11.8. The summed E-state index contributed by atoms with van der Waals surface area (Å²) < 4.78 is 12.1. The highest BCUT2D eigenvalue weighted by Gasteiger charge is 2.22. The Bertz CT molecular complexity index is 571. The molecule has 2 aromatic heterocycles. The lowest BCUT2D eigenvalue weighted by Gasteiger charge is -2.03. The van der Waals surface area contributed by atoms with E-state index in [9.17, 15) is 4.79 Å². The van der Waals surface area contributed by atoms with Gasteiger partial charge in [-0.1, -0.05) is 6.92 Å². The smallest absolute Gasteiger partial charge is 0.361 e. The summed E-state index contributed by atoms with van der Waals surface area (Å²) in [5.41, 5.74) is 1.89. The maximum atomic E-state index is 11.8. The summed E-state index contributed by atoms with van der Waals surface area (Å²) in [5.74, 6) is -0.0688. The zero-order valence-corrected chi connectivity index (χ0v) is 11.3. The molecule has 0 fully saturated rings. The predicted molar refractivity (Wildman–Crippen MR) is 68.7 cm³/mol. The van der Waals surface area contributed by atoms with Crippen LogP contribution in [0.4, 0.5) is 0 Å². The molecule has 6 nitrogen and oxygen atoms in total. The van der Waals surface area contributed by atoms with Crippen LogP contribution >= 0.6 is 0 Å². The van der Waals surface area contributed by atoms with E-state index in [2.05, 4.69) is 10.1 Å². The summed E-state index contributed by atoms with van der Waals surface area (Å²) in [6.45, 7) is 6.76. The number of aromatic nitrogens is 3. The van der Waals surface area contributed by atoms with E-state index < -0.39 is 5.97 Å². The quantitative estimate of drug-likeness (QED) is 0.774. The molecule has 0 aliphatic heterocycles. The van der Waals surface area contributed by atoms with Crippen molar-refractivity contribution in [3.63, 3.8) is 0 Å². The van der Waals surface area contributed by atoms with Gasteiger partial charge in [0.2, 0.25) is 0 Å². The van der Waals surface area contributed by atoms with Crippen LogP contribution in [-0.4, -0.2) is 27.3 Å². The molecule has 0 atom stereocenters. The first kappa shape index (κ1) is 13.3. The van der Waals surface area contributed by atoms with E-state index in [-0.39, 0.29) is 5.69 Å². The van der Waals surface area contributed by atoms with Crippen molar-refractivity contribution in [3.05, 3.63) is 23.8 Å². The fraction of sp³-hybridized carbons (Fsp3) is 0.462. The van der Waals surface area contributed by atoms with Crippen LogP contribution < -0.4 is 0 Å². The van der Waals surface area contributed by atoms with Crippen LogP contribution in [0, 0.1) is 0 Å². The first-order chi connectivity index (χ1) is 9.21. The van der Waals surface area contributed by atoms with E-state index >= 15 is 0 Å². The normalized spacial score (nSPS) is 10.7. The van der Waals surface area contributed by atoms with Crippen LogP contribution in [-0.2, 0) is 17.7 Å². The van der Waals surface area contributed by atoms with Gasteiger partial charge < -0.3 is 9.15 Å². The molecule has 2 rings (SSSR count). The number of oxazole rings is 1. The Hall–Kier alpha value is -2.11. The van der Waals surface area contributed by atoms with Gasteiger partial charge in [-0.2, -0.15) is 5.10 Å². The molecule has 2 aromatic rings. The van der Waals surface area contributed by atoms with E-state index in [0.29, 0.717) is 18.9 Å². The summed E-state index contributed by atoms with van der Waals surface area (Å²) in [5, 5.41) is 4.43.